The Morgan fingerprint density at radius 2 is 1.45 bits per heavy atom. The maximum absolute atomic E-state index is 11.9. The molecule has 0 spiro atoms. The Labute approximate surface area is 59.2 Å². The van der Waals surface area contributed by atoms with Gasteiger partial charge in [-0.3, -0.25) is 0 Å². The molecule has 0 radical (unpaired) electrons. The van der Waals surface area contributed by atoms with Crippen LogP contribution in [0.2, 0.25) is 0 Å². The van der Waals surface area contributed by atoms with Gasteiger partial charge in [-0.15, -0.1) is 0 Å². The highest BCUT2D eigenvalue weighted by atomic mass is 19.4. The fourth-order valence-corrected chi connectivity index (χ4v) is 0.528. The van der Waals surface area contributed by atoms with E-state index in [-0.39, 0.29) is 0 Å². The molecule has 0 saturated heterocycles. The van der Waals surface area contributed by atoms with Gasteiger partial charge in [0, 0.05) is 6.42 Å². The Morgan fingerprint density at radius 3 is 1.73 bits per heavy atom. The van der Waals surface area contributed by atoms with Gasteiger partial charge in [0.1, 0.15) is 6.17 Å². The first-order chi connectivity index (χ1) is 4.81. The molecule has 6 heteroatoms. The summed E-state index contributed by atoms with van der Waals surface area (Å²) in [6.07, 6.45) is -13.4. The summed E-state index contributed by atoms with van der Waals surface area (Å²) in [5.74, 6) is 0. The number of halogens is 6. The average Bonchev–Trinajstić information content (AvgIpc) is 1.53. The van der Waals surface area contributed by atoms with Crippen LogP contribution in [0.3, 0.4) is 0 Å². The second kappa shape index (κ2) is 3.82. The van der Waals surface area contributed by atoms with Crippen LogP contribution >= 0.6 is 0 Å². The van der Waals surface area contributed by atoms with Crippen LogP contribution in [0.25, 0.3) is 0 Å². The molecule has 1 unspecified atom stereocenters. The molecule has 0 nitrogen and oxygen atoms in total. The fourth-order valence-electron chi connectivity index (χ4n) is 0.528. The lowest BCUT2D eigenvalue weighted by atomic mass is 10.2. The molecule has 0 aromatic carbocycles. The van der Waals surface area contributed by atoms with E-state index < -0.39 is 31.6 Å². The molecule has 11 heavy (non-hydrogen) atoms. The van der Waals surface area contributed by atoms with E-state index in [0.717, 1.165) is 0 Å². The van der Waals surface area contributed by atoms with Gasteiger partial charge in [0.15, 0.2) is 0 Å². The zero-order valence-corrected chi connectivity index (χ0v) is 5.34. The maximum Gasteiger partial charge on any atom is 0.391 e. The van der Waals surface area contributed by atoms with Crippen LogP contribution in [0.5, 0.6) is 0 Å². The van der Waals surface area contributed by atoms with Crippen molar-refractivity contribution in [2.24, 2.45) is 0 Å². The summed E-state index contributed by atoms with van der Waals surface area (Å²) in [6, 6.07) is 0. The minimum atomic E-state index is -4.70. The highest BCUT2D eigenvalue weighted by molar-refractivity contribution is 4.62. The van der Waals surface area contributed by atoms with Gasteiger partial charge >= 0.3 is 6.18 Å². The van der Waals surface area contributed by atoms with Gasteiger partial charge in [-0.05, 0) is 0 Å². The predicted octanol–water partition coefficient (Wildman–Crippen LogP) is 2.93. The van der Waals surface area contributed by atoms with Crippen molar-refractivity contribution in [1.29, 1.82) is 0 Å². The largest absolute Gasteiger partial charge is 0.391 e. The van der Waals surface area contributed by atoms with Gasteiger partial charge in [0.25, 0.3) is 0 Å². The van der Waals surface area contributed by atoms with Crippen molar-refractivity contribution in [3.63, 3.8) is 0 Å². The third-order valence-corrected chi connectivity index (χ3v) is 0.887. The molecule has 0 aliphatic rings. The van der Waals surface area contributed by atoms with E-state index >= 15 is 0 Å². The lowest BCUT2D eigenvalue weighted by Gasteiger charge is -2.09. The molecule has 68 valence electrons. The van der Waals surface area contributed by atoms with Crippen LogP contribution < -0.4 is 0 Å². The van der Waals surface area contributed by atoms with Crippen LogP contribution in [0.1, 0.15) is 12.8 Å². The standard InChI is InChI=1S/C5H6F6/c6-3(1-4(7)8)2-5(9,10)11/h3-4H,1-2H2. The SMILES string of the molecule is FC(F)CC(F)CC(F)(F)F. The minimum Gasteiger partial charge on any atom is -0.247 e. The van der Waals surface area contributed by atoms with E-state index in [0.29, 0.717) is 0 Å². The summed E-state index contributed by atoms with van der Waals surface area (Å²) in [5, 5.41) is 0. The van der Waals surface area contributed by atoms with Crippen LogP contribution in [-0.4, -0.2) is 18.8 Å². The Morgan fingerprint density at radius 1 is 1.00 bits per heavy atom. The predicted molar refractivity (Wildman–Crippen MR) is 26.2 cm³/mol. The van der Waals surface area contributed by atoms with Gasteiger partial charge in [-0.2, -0.15) is 13.2 Å². The lowest BCUT2D eigenvalue weighted by molar-refractivity contribution is -0.148. The van der Waals surface area contributed by atoms with Crippen molar-refractivity contribution in [3.05, 3.63) is 0 Å². The quantitative estimate of drug-likeness (QED) is 0.585. The summed E-state index contributed by atoms with van der Waals surface area (Å²) in [5.41, 5.74) is 0. The summed E-state index contributed by atoms with van der Waals surface area (Å²) in [6.45, 7) is 0. The highest BCUT2D eigenvalue weighted by Gasteiger charge is 2.33. The van der Waals surface area contributed by atoms with Gasteiger partial charge < -0.3 is 0 Å². The van der Waals surface area contributed by atoms with E-state index in [1.807, 2.05) is 0 Å². The molecule has 0 amide bonds. The molecule has 1 atom stereocenters. The number of alkyl halides is 6. The molecule has 0 aliphatic heterocycles. The zero-order chi connectivity index (χ0) is 9.07. The first kappa shape index (κ1) is 10.6. The highest BCUT2D eigenvalue weighted by Crippen LogP contribution is 2.25. The molecule has 0 bridgehead atoms. The fraction of sp³-hybridized carbons (Fsp3) is 1.00. The maximum atomic E-state index is 11.9. The molecule has 0 N–H and O–H groups in total. The van der Waals surface area contributed by atoms with E-state index in [2.05, 4.69) is 0 Å². The third kappa shape index (κ3) is 7.48. The first-order valence-electron chi connectivity index (χ1n) is 2.80. The van der Waals surface area contributed by atoms with E-state index in [4.69, 9.17) is 0 Å². The summed E-state index contributed by atoms with van der Waals surface area (Å²) in [4.78, 5) is 0. The van der Waals surface area contributed by atoms with Gasteiger partial charge in [-0.25, -0.2) is 13.2 Å². The van der Waals surface area contributed by atoms with Crippen LogP contribution in [0, 0.1) is 0 Å². The van der Waals surface area contributed by atoms with Crippen molar-refractivity contribution >= 4 is 0 Å². The number of hydrogen-bond donors (Lipinski definition) is 0. The Hall–Kier alpha value is -0.420. The number of rotatable bonds is 3. The number of hydrogen-bond acceptors (Lipinski definition) is 0. The van der Waals surface area contributed by atoms with E-state index in [1.165, 1.54) is 0 Å². The Bertz CT molecular complexity index is 106. The van der Waals surface area contributed by atoms with Gasteiger partial charge in [0.05, 0.1) is 6.42 Å². The van der Waals surface area contributed by atoms with Crippen molar-refractivity contribution in [2.45, 2.75) is 31.6 Å². The third-order valence-electron chi connectivity index (χ3n) is 0.887. The normalized spacial score (nSPS) is 15.5. The van der Waals surface area contributed by atoms with E-state index in [9.17, 15) is 26.3 Å². The summed E-state index contributed by atoms with van der Waals surface area (Å²) in [7, 11) is 0. The first-order valence-corrected chi connectivity index (χ1v) is 2.80. The zero-order valence-electron chi connectivity index (χ0n) is 5.34. The summed E-state index contributed by atoms with van der Waals surface area (Å²) < 4.78 is 68.3. The Kier molecular flexibility index (Phi) is 3.68. The smallest absolute Gasteiger partial charge is 0.247 e. The van der Waals surface area contributed by atoms with Crippen molar-refractivity contribution in [3.8, 4) is 0 Å². The molecule has 0 rings (SSSR count). The molecule has 0 aromatic rings. The second-order valence-electron chi connectivity index (χ2n) is 2.04. The average molecular weight is 180 g/mol. The minimum absolute atomic E-state index is 1.35. The Balaban J connectivity index is 3.61. The molecule has 0 aliphatic carbocycles. The van der Waals surface area contributed by atoms with Crippen LogP contribution in [0.4, 0.5) is 26.3 Å². The molecule has 0 fully saturated rings. The molecule has 0 saturated carbocycles. The van der Waals surface area contributed by atoms with Crippen LogP contribution in [-0.2, 0) is 0 Å². The molecule has 0 aromatic heterocycles. The monoisotopic (exact) mass is 180 g/mol. The molecular weight excluding hydrogens is 174 g/mol. The van der Waals surface area contributed by atoms with Crippen molar-refractivity contribution in [1.82, 2.24) is 0 Å². The van der Waals surface area contributed by atoms with E-state index in [1.54, 1.807) is 0 Å². The molecular formula is C5H6F6. The van der Waals surface area contributed by atoms with Crippen molar-refractivity contribution < 1.29 is 26.3 Å². The topological polar surface area (TPSA) is 0 Å². The second-order valence-corrected chi connectivity index (χ2v) is 2.04. The van der Waals surface area contributed by atoms with Crippen LogP contribution in [0.15, 0.2) is 0 Å². The van der Waals surface area contributed by atoms with Crippen molar-refractivity contribution in [2.75, 3.05) is 0 Å². The summed E-state index contributed by atoms with van der Waals surface area (Å²) >= 11 is 0. The van der Waals surface area contributed by atoms with Gasteiger partial charge in [0.2, 0.25) is 6.43 Å². The lowest BCUT2D eigenvalue weighted by Crippen LogP contribution is -2.17. The molecule has 0 heterocycles. The van der Waals surface area contributed by atoms with Gasteiger partial charge in [-0.1, -0.05) is 0 Å².